The number of carbonyl (C=O) groups is 2. The summed E-state index contributed by atoms with van der Waals surface area (Å²) in [6, 6.07) is 7.68. The van der Waals surface area contributed by atoms with Crippen molar-refractivity contribution in [2.75, 3.05) is 31.7 Å². The summed E-state index contributed by atoms with van der Waals surface area (Å²) in [5, 5.41) is 1.50. The van der Waals surface area contributed by atoms with E-state index in [0.717, 1.165) is 15.6 Å². The molecule has 0 saturated carbocycles. The summed E-state index contributed by atoms with van der Waals surface area (Å²) in [6.07, 6.45) is -0.142. The number of sulfonamides is 1. The van der Waals surface area contributed by atoms with Gasteiger partial charge in [0.05, 0.1) is 32.9 Å². The van der Waals surface area contributed by atoms with Crippen molar-refractivity contribution in [3.05, 3.63) is 40.6 Å². The Morgan fingerprint density at radius 3 is 2.36 bits per heavy atom. The average molecular weight is 428 g/mol. The first-order valence-electron chi connectivity index (χ1n) is 8.33. The van der Waals surface area contributed by atoms with E-state index in [-0.39, 0.29) is 29.3 Å². The first kappa shape index (κ1) is 21.7. The van der Waals surface area contributed by atoms with Crippen molar-refractivity contribution in [1.82, 2.24) is 0 Å². The molecule has 152 valence electrons. The minimum atomic E-state index is -4.13. The summed E-state index contributed by atoms with van der Waals surface area (Å²) >= 11 is 0.968. The van der Waals surface area contributed by atoms with Gasteiger partial charge in [0.2, 0.25) is 0 Å². The molecule has 0 fully saturated rings. The highest BCUT2D eigenvalue weighted by molar-refractivity contribution is 7.93. The van der Waals surface area contributed by atoms with E-state index >= 15 is 0 Å². The lowest BCUT2D eigenvalue weighted by molar-refractivity contribution is -0.142. The molecule has 10 heteroatoms. The third-order valence-corrected chi connectivity index (χ3v) is 6.65. The standard InChI is InChI=1S/C18H21NO7S2/c1-4-26-16(20)9-11-19(13-5-7-14(24-2)8-6-13)28(22,23)15-10-12-27-17(15)18(21)25-3/h5-8,10,12H,4,9,11H2,1-3H3. The van der Waals surface area contributed by atoms with Gasteiger partial charge in [-0.3, -0.25) is 9.10 Å². The van der Waals surface area contributed by atoms with E-state index in [2.05, 4.69) is 4.74 Å². The Labute approximate surface area is 167 Å². The van der Waals surface area contributed by atoms with Gasteiger partial charge in [0.15, 0.2) is 0 Å². The Morgan fingerprint density at radius 1 is 1.11 bits per heavy atom. The lowest BCUT2D eigenvalue weighted by Crippen LogP contribution is -2.34. The van der Waals surface area contributed by atoms with E-state index in [1.165, 1.54) is 25.7 Å². The number of rotatable bonds is 9. The van der Waals surface area contributed by atoms with Crippen molar-refractivity contribution in [2.45, 2.75) is 18.2 Å². The molecule has 1 aromatic carbocycles. The normalized spacial score (nSPS) is 11.0. The molecule has 0 N–H and O–H groups in total. The van der Waals surface area contributed by atoms with Gasteiger partial charge in [-0.1, -0.05) is 0 Å². The van der Waals surface area contributed by atoms with Crippen molar-refractivity contribution < 1.29 is 32.2 Å². The maximum Gasteiger partial charge on any atom is 0.349 e. The number of ether oxygens (including phenoxy) is 3. The predicted molar refractivity (Wildman–Crippen MR) is 104 cm³/mol. The van der Waals surface area contributed by atoms with Gasteiger partial charge in [0.25, 0.3) is 10.0 Å². The summed E-state index contributed by atoms with van der Waals surface area (Å²) in [4.78, 5) is 23.5. The van der Waals surface area contributed by atoms with Crippen LogP contribution in [0.2, 0.25) is 0 Å². The molecule has 0 spiro atoms. The zero-order valence-electron chi connectivity index (χ0n) is 15.7. The summed E-state index contributed by atoms with van der Waals surface area (Å²) < 4.78 is 42.3. The number of anilines is 1. The quantitative estimate of drug-likeness (QED) is 0.567. The van der Waals surface area contributed by atoms with Crippen LogP contribution in [0.25, 0.3) is 0 Å². The van der Waals surface area contributed by atoms with Gasteiger partial charge in [-0.25, -0.2) is 13.2 Å². The SMILES string of the molecule is CCOC(=O)CCN(c1ccc(OC)cc1)S(=O)(=O)c1ccsc1C(=O)OC. The fourth-order valence-corrected chi connectivity index (χ4v) is 5.20. The van der Waals surface area contributed by atoms with Gasteiger partial charge >= 0.3 is 11.9 Å². The molecule has 1 heterocycles. The van der Waals surface area contributed by atoms with E-state index < -0.39 is 22.0 Å². The van der Waals surface area contributed by atoms with Crippen LogP contribution in [0.15, 0.2) is 40.6 Å². The van der Waals surface area contributed by atoms with Crippen LogP contribution in [0, 0.1) is 0 Å². The van der Waals surface area contributed by atoms with Crippen molar-refractivity contribution in [3.63, 3.8) is 0 Å². The van der Waals surface area contributed by atoms with Crippen LogP contribution < -0.4 is 9.04 Å². The fraction of sp³-hybridized carbons (Fsp3) is 0.333. The highest BCUT2D eigenvalue weighted by Gasteiger charge is 2.31. The Kier molecular flexibility index (Phi) is 7.41. The van der Waals surface area contributed by atoms with Crippen LogP contribution in [-0.2, 0) is 24.3 Å². The maximum atomic E-state index is 13.3. The molecule has 2 rings (SSSR count). The molecule has 0 radical (unpaired) electrons. The largest absolute Gasteiger partial charge is 0.497 e. The average Bonchev–Trinajstić information content (AvgIpc) is 3.19. The van der Waals surface area contributed by atoms with Crippen molar-refractivity contribution >= 4 is 39.0 Å². The zero-order valence-corrected chi connectivity index (χ0v) is 17.3. The third-order valence-electron chi connectivity index (χ3n) is 3.75. The molecule has 0 atom stereocenters. The summed E-state index contributed by atoms with van der Waals surface area (Å²) in [6.45, 7) is 1.72. The van der Waals surface area contributed by atoms with Crippen LogP contribution in [0.5, 0.6) is 5.75 Å². The number of hydrogen-bond acceptors (Lipinski definition) is 8. The summed E-state index contributed by atoms with van der Waals surface area (Å²) in [7, 11) is -1.45. The number of nitrogens with zero attached hydrogens (tertiary/aromatic N) is 1. The van der Waals surface area contributed by atoms with Gasteiger partial charge < -0.3 is 14.2 Å². The smallest absolute Gasteiger partial charge is 0.349 e. The van der Waals surface area contributed by atoms with Gasteiger partial charge in [-0.15, -0.1) is 11.3 Å². The second-order valence-electron chi connectivity index (χ2n) is 5.44. The van der Waals surface area contributed by atoms with Gasteiger partial charge in [-0.2, -0.15) is 0 Å². The maximum absolute atomic E-state index is 13.3. The zero-order chi connectivity index (χ0) is 20.7. The van der Waals surface area contributed by atoms with Crippen molar-refractivity contribution in [2.24, 2.45) is 0 Å². The van der Waals surface area contributed by atoms with Gasteiger partial charge in [0, 0.05) is 6.54 Å². The molecular formula is C18H21NO7S2. The molecule has 2 aromatic rings. The topological polar surface area (TPSA) is 99.2 Å². The van der Waals surface area contributed by atoms with E-state index in [1.807, 2.05) is 0 Å². The molecular weight excluding hydrogens is 406 g/mol. The van der Waals surface area contributed by atoms with Crippen LogP contribution in [0.1, 0.15) is 23.0 Å². The van der Waals surface area contributed by atoms with E-state index in [4.69, 9.17) is 9.47 Å². The Bertz CT molecular complexity index is 920. The highest BCUT2D eigenvalue weighted by Crippen LogP contribution is 2.30. The number of thiophene rings is 1. The lowest BCUT2D eigenvalue weighted by Gasteiger charge is -2.24. The molecule has 28 heavy (non-hydrogen) atoms. The minimum absolute atomic E-state index is 0.0304. The molecule has 1 aromatic heterocycles. The number of hydrogen-bond donors (Lipinski definition) is 0. The van der Waals surface area contributed by atoms with Crippen molar-refractivity contribution in [1.29, 1.82) is 0 Å². The second-order valence-corrected chi connectivity index (χ2v) is 8.18. The van der Waals surface area contributed by atoms with Crippen molar-refractivity contribution in [3.8, 4) is 5.75 Å². The Balaban J connectivity index is 2.45. The fourth-order valence-electron chi connectivity index (χ4n) is 2.42. The molecule has 0 aliphatic heterocycles. The first-order chi connectivity index (χ1) is 13.3. The number of carbonyl (C=O) groups excluding carboxylic acids is 2. The molecule has 0 saturated heterocycles. The Hall–Kier alpha value is -2.59. The summed E-state index contributed by atoms with van der Waals surface area (Å²) in [5.41, 5.74) is 0.326. The number of esters is 2. The van der Waals surface area contributed by atoms with Crippen LogP contribution in [0.3, 0.4) is 0 Å². The molecule has 0 unspecified atom stereocenters. The van der Waals surface area contributed by atoms with E-state index in [1.54, 1.807) is 31.2 Å². The summed E-state index contributed by atoms with van der Waals surface area (Å²) in [5.74, 6) is -0.708. The predicted octanol–water partition coefficient (Wildman–Crippen LogP) is 2.69. The molecule has 0 bridgehead atoms. The van der Waals surface area contributed by atoms with E-state index in [0.29, 0.717) is 11.4 Å². The van der Waals surface area contributed by atoms with Crippen LogP contribution >= 0.6 is 11.3 Å². The molecule has 0 aliphatic carbocycles. The third kappa shape index (κ3) is 4.82. The van der Waals surface area contributed by atoms with Gasteiger partial charge in [0.1, 0.15) is 15.5 Å². The van der Waals surface area contributed by atoms with E-state index in [9.17, 15) is 18.0 Å². The number of benzene rings is 1. The number of methoxy groups -OCH3 is 2. The molecule has 8 nitrogen and oxygen atoms in total. The molecule has 0 amide bonds. The Morgan fingerprint density at radius 2 is 1.79 bits per heavy atom. The van der Waals surface area contributed by atoms with Gasteiger partial charge in [-0.05, 0) is 42.6 Å². The highest BCUT2D eigenvalue weighted by atomic mass is 32.2. The minimum Gasteiger partial charge on any atom is -0.497 e. The molecule has 0 aliphatic rings. The van der Waals surface area contributed by atoms with Crippen LogP contribution in [0.4, 0.5) is 5.69 Å². The monoisotopic (exact) mass is 427 g/mol. The second kappa shape index (κ2) is 9.56. The van der Waals surface area contributed by atoms with Crippen LogP contribution in [-0.4, -0.2) is 47.7 Å². The lowest BCUT2D eigenvalue weighted by atomic mass is 10.3. The first-order valence-corrected chi connectivity index (χ1v) is 10.6.